The number of aryl methyl sites for hydroxylation is 4. The van der Waals surface area contributed by atoms with Crippen molar-refractivity contribution in [1.29, 1.82) is 5.26 Å². The fraction of sp³-hybridized carbons (Fsp3) is 0.180. The molecular weight excluding hydrogens is 817 g/mol. The van der Waals surface area contributed by atoms with Crippen LogP contribution >= 0.6 is 0 Å². The fourth-order valence-corrected chi connectivity index (χ4v) is 10.3. The first kappa shape index (κ1) is 43.0. The Morgan fingerprint density at radius 1 is 0.836 bits per heavy atom. The Labute approximate surface area is 393 Å². The van der Waals surface area contributed by atoms with E-state index in [4.69, 9.17) is 5.26 Å². The summed E-state index contributed by atoms with van der Waals surface area (Å²) in [6.07, 6.45) is 25.4. The zero-order valence-electron chi connectivity index (χ0n) is 39.1. The van der Waals surface area contributed by atoms with Gasteiger partial charge in [-0.1, -0.05) is 73.2 Å². The summed E-state index contributed by atoms with van der Waals surface area (Å²) in [5.41, 5.74) is 19.5. The number of fused-ring (bicyclic) bond motifs is 7. The fourth-order valence-electron chi connectivity index (χ4n) is 10.3. The van der Waals surface area contributed by atoms with Crippen LogP contribution in [0.5, 0.6) is 0 Å². The highest BCUT2D eigenvalue weighted by atomic mass is 15.0. The number of aromatic amines is 1. The summed E-state index contributed by atoms with van der Waals surface area (Å²) in [7, 11) is 0. The van der Waals surface area contributed by atoms with Crippen LogP contribution in [-0.2, 0) is 12.8 Å². The highest BCUT2D eigenvalue weighted by Crippen LogP contribution is 2.46. The van der Waals surface area contributed by atoms with Crippen molar-refractivity contribution >= 4 is 61.5 Å². The molecule has 5 aromatic carbocycles. The molecule has 0 fully saturated rings. The van der Waals surface area contributed by atoms with E-state index in [0.29, 0.717) is 5.56 Å². The van der Waals surface area contributed by atoms with Gasteiger partial charge in [0.15, 0.2) is 0 Å². The van der Waals surface area contributed by atoms with Crippen LogP contribution in [0.2, 0.25) is 0 Å². The lowest BCUT2D eigenvalue weighted by Gasteiger charge is -2.36. The van der Waals surface area contributed by atoms with Crippen LogP contribution in [0.25, 0.3) is 78.3 Å². The van der Waals surface area contributed by atoms with Crippen LogP contribution in [0.15, 0.2) is 165 Å². The quantitative estimate of drug-likeness (QED) is 0.142. The Morgan fingerprint density at radius 2 is 1.63 bits per heavy atom. The van der Waals surface area contributed by atoms with E-state index in [1.165, 1.54) is 83.2 Å². The van der Waals surface area contributed by atoms with Gasteiger partial charge in [-0.25, -0.2) is 0 Å². The molecule has 0 radical (unpaired) electrons. The molecule has 0 bridgehead atoms. The molecule has 4 heterocycles. The minimum atomic E-state index is -0.0460. The van der Waals surface area contributed by atoms with Crippen LogP contribution < -0.4 is 5.32 Å². The normalized spacial score (nSPS) is 16.0. The summed E-state index contributed by atoms with van der Waals surface area (Å²) < 4.78 is 5.01. The highest BCUT2D eigenvalue weighted by molar-refractivity contribution is 6.10. The van der Waals surface area contributed by atoms with Crippen LogP contribution in [0.3, 0.4) is 0 Å². The van der Waals surface area contributed by atoms with E-state index in [1.54, 1.807) is 0 Å². The van der Waals surface area contributed by atoms with Gasteiger partial charge in [-0.15, -0.1) is 6.58 Å². The predicted octanol–water partition coefficient (Wildman–Crippen LogP) is 14.9. The number of allylic oxidation sites excluding steroid dienone is 5. The van der Waals surface area contributed by atoms with Crippen molar-refractivity contribution in [2.24, 2.45) is 5.41 Å². The smallest absolute Gasteiger partial charge is 0.0991 e. The number of rotatable bonds is 9. The molecule has 2 atom stereocenters. The lowest BCUT2D eigenvalue weighted by Crippen LogP contribution is -2.27. The number of para-hydroxylation sites is 1. The van der Waals surface area contributed by atoms with Gasteiger partial charge in [0.25, 0.3) is 0 Å². The van der Waals surface area contributed by atoms with E-state index < -0.39 is 0 Å². The van der Waals surface area contributed by atoms with Gasteiger partial charge in [-0.2, -0.15) is 5.26 Å². The summed E-state index contributed by atoms with van der Waals surface area (Å²) in [4.78, 5) is 7.55. The summed E-state index contributed by atoms with van der Waals surface area (Å²) in [5, 5.41) is 17.2. The highest BCUT2D eigenvalue weighted by Gasteiger charge is 2.34. The van der Waals surface area contributed by atoms with Crippen LogP contribution in [0.4, 0.5) is 0 Å². The van der Waals surface area contributed by atoms with Crippen molar-refractivity contribution in [3.05, 3.63) is 210 Å². The third-order valence-electron chi connectivity index (χ3n) is 13.9. The number of benzene rings is 5. The molecule has 0 saturated heterocycles. The van der Waals surface area contributed by atoms with Crippen LogP contribution in [0.1, 0.15) is 71.5 Å². The second-order valence-corrected chi connectivity index (χ2v) is 18.6. The number of nitriles is 1. The maximum Gasteiger partial charge on any atom is 0.0991 e. The number of nitrogens with one attached hydrogen (secondary N) is 2. The third-order valence-corrected chi connectivity index (χ3v) is 13.9. The molecule has 0 aliphatic heterocycles. The van der Waals surface area contributed by atoms with Crippen molar-refractivity contribution in [3.63, 3.8) is 0 Å². The van der Waals surface area contributed by atoms with E-state index >= 15 is 0 Å². The van der Waals surface area contributed by atoms with Crippen molar-refractivity contribution < 1.29 is 0 Å². The van der Waals surface area contributed by atoms with Gasteiger partial charge in [-0.05, 0) is 178 Å². The Morgan fingerprint density at radius 3 is 2.43 bits per heavy atom. The number of hydrogen-bond donors (Lipinski definition) is 2. The first-order chi connectivity index (χ1) is 32.6. The molecule has 9 aromatic rings. The van der Waals surface area contributed by atoms with Crippen molar-refractivity contribution in [3.8, 4) is 22.9 Å². The van der Waals surface area contributed by atoms with Gasteiger partial charge in [0.2, 0.25) is 0 Å². The molecule has 2 unspecified atom stereocenters. The topological polar surface area (TPSA) is 74.4 Å². The average Bonchev–Trinajstić information content (AvgIpc) is 3.98. The Kier molecular flexibility index (Phi) is 11.5. The molecule has 6 heteroatoms. The lowest BCUT2D eigenvalue weighted by molar-refractivity contribution is 0.428. The van der Waals surface area contributed by atoms with E-state index in [-0.39, 0.29) is 11.5 Å². The SMILES string of the molecule is C=CC(C)N/C=C/c1c(C)[nH]c2ccc(C#N)cc12.Cc1ccc2c(c1)c1cc(-c3ccncc3)ccc1n2-c1ccc(CC2(C)CC=CC=C2n2c3c(c4ccccc42)CCC=C3)c(C)c1. The molecule has 0 spiro atoms. The first-order valence-corrected chi connectivity index (χ1v) is 23.4. The Balaban J connectivity index is 0.000000232. The van der Waals surface area contributed by atoms with E-state index in [2.05, 4.69) is 179 Å². The Hall–Kier alpha value is -7.88. The maximum atomic E-state index is 8.97. The molecule has 11 rings (SSSR count). The summed E-state index contributed by atoms with van der Waals surface area (Å²) in [5.74, 6) is 0. The second kappa shape index (κ2) is 17.8. The molecule has 4 aromatic heterocycles. The monoisotopic (exact) mass is 872 g/mol. The van der Waals surface area contributed by atoms with Crippen LogP contribution in [0, 0.1) is 37.5 Å². The molecule has 2 N–H and O–H groups in total. The molecule has 330 valence electrons. The maximum absolute atomic E-state index is 8.97. The second-order valence-electron chi connectivity index (χ2n) is 18.6. The molecule has 0 saturated carbocycles. The lowest BCUT2D eigenvalue weighted by atomic mass is 9.74. The summed E-state index contributed by atoms with van der Waals surface area (Å²) >= 11 is 0. The van der Waals surface area contributed by atoms with Gasteiger partial charge in [0.05, 0.1) is 28.2 Å². The van der Waals surface area contributed by atoms with Crippen molar-refractivity contribution in [2.75, 3.05) is 0 Å². The largest absolute Gasteiger partial charge is 0.385 e. The van der Waals surface area contributed by atoms with Gasteiger partial charge in [-0.3, -0.25) is 4.98 Å². The number of nitrogens with zero attached hydrogens (tertiary/aromatic N) is 4. The standard InChI is InChI=1S/C45H39N3.C16H17N3/c1-30-15-19-42-38(26-30)39-28-33(32-21-24-46-25-22-32)17-20-43(39)47(42)35-18-16-34(31(2)27-35)29-45(3)23-9-8-14-44(45)48-40-12-6-4-10-36(40)37-11-5-7-13-41(37)48;1-4-11(2)18-8-7-14-12(3)19-16-6-5-13(10-17)9-15(14)16/h4,6-10,12-22,24-28H,5,11,23,29H2,1-3H3;4-9,11,18-19H,1H2,2-3H3/b;8-7+. The minimum Gasteiger partial charge on any atom is -0.385 e. The average molecular weight is 873 g/mol. The zero-order valence-corrected chi connectivity index (χ0v) is 39.1. The van der Waals surface area contributed by atoms with Crippen LogP contribution in [-0.4, -0.2) is 25.1 Å². The molecule has 6 nitrogen and oxygen atoms in total. The first-order valence-electron chi connectivity index (χ1n) is 23.4. The number of H-pyrrole nitrogens is 1. The van der Waals surface area contributed by atoms with Gasteiger partial charge in [0, 0.05) is 79.2 Å². The molecule has 2 aliphatic rings. The van der Waals surface area contributed by atoms with E-state index in [1.807, 2.05) is 62.8 Å². The third kappa shape index (κ3) is 8.02. The minimum absolute atomic E-state index is 0.0460. The van der Waals surface area contributed by atoms with Gasteiger partial charge >= 0.3 is 0 Å². The zero-order chi connectivity index (χ0) is 46.2. The molecule has 67 heavy (non-hydrogen) atoms. The summed E-state index contributed by atoms with van der Waals surface area (Å²) in [6.45, 7) is 14.7. The molecule has 2 aliphatic carbocycles. The summed E-state index contributed by atoms with van der Waals surface area (Å²) in [6, 6.07) is 42.0. The van der Waals surface area contributed by atoms with Gasteiger partial charge in [0.1, 0.15) is 0 Å². The molecule has 0 amide bonds. The Bertz CT molecular complexity index is 3540. The number of aromatic nitrogens is 4. The molecular formula is C61H56N6. The number of hydrogen-bond acceptors (Lipinski definition) is 3. The number of pyridine rings is 1. The van der Waals surface area contributed by atoms with E-state index in [9.17, 15) is 0 Å². The van der Waals surface area contributed by atoms with Crippen molar-refractivity contribution in [2.45, 2.75) is 66.3 Å². The van der Waals surface area contributed by atoms with E-state index in [0.717, 1.165) is 47.8 Å². The predicted molar refractivity (Wildman–Crippen MR) is 282 cm³/mol. The van der Waals surface area contributed by atoms with Gasteiger partial charge < -0.3 is 19.4 Å². The van der Waals surface area contributed by atoms with Crippen molar-refractivity contribution in [1.82, 2.24) is 24.4 Å².